The molecular formula is C26H26O3S. The van der Waals surface area contributed by atoms with Gasteiger partial charge in [0.2, 0.25) is 0 Å². The summed E-state index contributed by atoms with van der Waals surface area (Å²) in [6.45, 7) is 8.39. The molecule has 0 fully saturated rings. The van der Waals surface area contributed by atoms with Crippen molar-refractivity contribution in [2.24, 2.45) is 0 Å². The molecule has 0 amide bonds. The van der Waals surface area contributed by atoms with E-state index in [0.717, 1.165) is 49.5 Å². The van der Waals surface area contributed by atoms with Gasteiger partial charge in [0, 0.05) is 11.1 Å². The van der Waals surface area contributed by atoms with Crippen molar-refractivity contribution in [1.82, 2.24) is 0 Å². The van der Waals surface area contributed by atoms with Crippen molar-refractivity contribution in [2.45, 2.75) is 32.6 Å². The van der Waals surface area contributed by atoms with Crippen LogP contribution in [0.4, 0.5) is 0 Å². The fourth-order valence-corrected chi connectivity index (χ4v) is 5.29. The van der Waals surface area contributed by atoms with E-state index in [4.69, 9.17) is 8.92 Å². The first-order valence-electron chi connectivity index (χ1n) is 10.1. The van der Waals surface area contributed by atoms with Crippen LogP contribution in [0.1, 0.15) is 23.6 Å². The first-order valence-corrected chi connectivity index (χ1v) is 11.2. The number of fused-ring (bicyclic) bond motifs is 2. The Morgan fingerprint density at radius 1 is 0.833 bits per heavy atom. The Balaban J connectivity index is 2.25. The summed E-state index contributed by atoms with van der Waals surface area (Å²) in [5.74, 6) is 0.803. The van der Waals surface area contributed by atoms with Crippen LogP contribution in [0.25, 0.3) is 32.7 Å². The Morgan fingerprint density at radius 3 is 2.27 bits per heavy atom. The highest BCUT2D eigenvalue weighted by Crippen LogP contribution is 2.46. The Bertz CT molecular complexity index is 1290. The standard InChI is InChI=1S/C26H26O3S/c1-6-29-30(27)26-18(4)15-19-9-7-8-10-21(19)24(26)23-22-12-11-16(2)13-20(22)14-17(3)25(23)28-5/h7-15H,6H2,1-5H3. The molecule has 4 rings (SSSR count). The molecule has 0 saturated heterocycles. The van der Waals surface area contributed by atoms with Crippen LogP contribution in [-0.2, 0) is 15.3 Å². The van der Waals surface area contributed by atoms with Crippen LogP contribution in [0, 0.1) is 20.8 Å². The summed E-state index contributed by atoms with van der Waals surface area (Å²) in [6.07, 6.45) is 0. The van der Waals surface area contributed by atoms with E-state index in [-0.39, 0.29) is 0 Å². The van der Waals surface area contributed by atoms with Crippen molar-refractivity contribution in [2.75, 3.05) is 13.7 Å². The zero-order valence-corrected chi connectivity index (χ0v) is 18.9. The summed E-state index contributed by atoms with van der Waals surface area (Å²) < 4.78 is 24.7. The first-order chi connectivity index (χ1) is 14.5. The average molecular weight is 419 g/mol. The summed E-state index contributed by atoms with van der Waals surface area (Å²) in [4.78, 5) is 0.710. The van der Waals surface area contributed by atoms with Gasteiger partial charge in [-0.05, 0) is 66.4 Å². The largest absolute Gasteiger partial charge is 0.496 e. The van der Waals surface area contributed by atoms with Crippen LogP contribution in [-0.4, -0.2) is 17.9 Å². The SMILES string of the molecule is CCOS(=O)c1c(C)cc2ccccc2c1-c1c(OC)c(C)cc2cc(C)ccc12. The molecule has 0 heterocycles. The maximum absolute atomic E-state index is 13.2. The van der Waals surface area contributed by atoms with Gasteiger partial charge in [0.25, 0.3) is 0 Å². The van der Waals surface area contributed by atoms with Crippen LogP contribution < -0.4 is 4.74 Å². The van der Waals surface area contributed by atoms with Crippen molar-refractivity contribution in [1.29, 1.82) is 0 Å². The molecule has 0 aliphatic carbocycles. The quantitative estimate of drug-likeness (QED) is 0.364. The smallest absolute Gasteiger partial charge is 0.190 e. The number of methoxy groups -OCH3 is 1. The lowest BCUT2D eigenvalue weighted by atomic mass is 9.89. The highest BCUT2D eigenvalue weighted by Gasteiger charge is 2.24. The van der Waals surface area contributed by atoms with Crippen molar-refractivity contribution in [3.05, 3.63) is 71.3 Å². The molecule has 4 aromatic carbocycles. The fourth-order valence-electron chi connectivity index (χ4n) is 4.26. The first kappa shape index (κ1) is 20.6. The van der Waals surface area contributed by atoms with Crippen LogP contribution in [0.2, 0.25) is 0 Å². The third-order valence-corrected chi connectivity index (χ3v) is 6.78. The monoisotopic (exact) mass is 418 g/mol. The zero-order chi connectivity index (χ0) is 21.4. The molecule has 0 saturated carbocycles. The molecule has 0 aliphatic rings. The molecule has 0 aliphatic heterocycles. The molecule has 30 heavy (non-hydrogen) atoms. The average Bonchev–Trinajstić information content (AvgIpc) is 2.71. The number of hydrogen-bond acceptors (Lipinski definition) is 3. The summed E-state index contributed by atoms with van der Waals surface area (Å²) in [5, 5.41) is 4.36. The molecule has 0 radical (unpaired) electrons. The minimum atomic E-state index is -1.58. The minimum absolute atomic E-state index is 0.378. The van der Waals surface area contributed by atoms with Gasteiger partial charge < -0.3 is 4.74 Å². The highest BCUT2D eigenvalue weighted by molar-refractivity contribution is 7.80. The Morgan fingerprint density at radius 2 is 1.53 bits per heavy atom. The van der Waals surface area contributed by atoms with Gasteiger partial charge in [0.05, 0.1) is 18.6 Å². The predicted molar refractivity (Wildman–Crippen MR) is 126 cm³/mol. The molecular weight excluding hydrogens is 392 g/mol. The van der Waals surface area contributed by atoms with Crippen LogP contribution in [0.3, 0.4) is 0 Å². The van der Waals surface area contributed by atoms with E-state index in [0.29, 0.717) is 11.5 Å². The van der Waals surface area contributed by atoms with Crippen molar-refractivity contribution >= 4 is 32.6 Å². The van der Waals surface area contributed by atoms with Gasteiger partial charge in [0.15, 0.2) is 11.1 Å². The second kappa shape index (κ2) is 8.21. The van der Waals surface area contributed by atoms with Gasteiger partial charge in [-0.2, -0.15) is 0 Å². The van der Waals surface area contributed by atoms with Gasteiger partial charge >= 0.3 is 0 Å². The minimum Gasteiger partial charge on any atom is -0.496 e. The molecule has 0 N–H and O–H groups in total. The van der Waals surface area contributed by atoms with Gasteiger partial charge in [-0.3, -0.25) is 4.18 Å². The maximum atomic E-state index is 13.2. The zero-order valence-electron chi connectivity index (χ0n) is 18.0. The number of hydrogen-bond donors (Lipinski definition) is 0. The third-order valence-electron chi connectivity index (χ3n) is 5.47. The Kier molecular flexibility index (Phi) is 5.63. The Hall–Kier alpha value is -2.69. The summed E-state index contributed by atoms with van der Waals surface area (Å²) >= 11 is -1.58. The topological polar surface area (TPSA) is 35.5 Å². The van der Waals surface area contributed by atoms with Gasteiger partial charge in [0.1, 0.15) is 5.75 Å². The third kappa shape index (κ3) is 3.40. The van der Waals surface area contributed by atoms with E-state index < -0.39 is 11.1 Å². The molecule has 1 unspecified atom stereocenters. The summed E-state index contributed by atoms with van der Waals surface area (Å²) in [7, 11) is 1.70. The van der Waals surface area contributed by atoms with Crippen LogP contribution in [0.15, 0.2) is 59.5 Å². The molecule has 4 aromatic rings. The van der Waals surface area contributed by atoms with Crippen molar-refractivity contribution in [3.8, 4) is 16.9 Å². The van der Waals surface area contributed by atoms with E-state index in [9.17, 15) is 4.21 Å². The van der Waals surface area contributed by atoms with Gasteiger partial charge in [-0.1, -0.05) is 54.1 Å². The van der Waals surface area contributed by atoms with Crippen molar-refractivity contribution in [3.63, 3.8) is 0 Å². The second-order valence-electron chi connectivity index (χ2n) is 7.59. The van der Waals surface area contributed by atoms with E-state index in [2.05, 4.69) is 56.3 Å². The van der Waals surface area contributed by atoms with E-state index in [1.807, 2.05) is 26.0 Å². The van der Waals surface area contributed by atoms with Crippen molar-refractivity contribution < 1.29 is 13.1 Å². The molecule has 4 heteroatoms. The van der Waals surface area contributed by atoms with Gasteiger partial charge in [-0.25, -0.2) is 4.21 Å². The number of ether oxygens (including phenoxy) is 1. The van der Waals surface area contributed by atoms with E-state index in [1.54, 1.807) is 7.11 Å². The normalized spacial score (nSPS) is 12.4. The lowest BCUT2D eigenvalue weighted by Crippen LogP contribution is -2.05. The number of benzene rings is 4. The van der Waals surface area contributed by atoms with E-state index >= 15 is 0 Å². The molecule has 154 valence electrons. The lowest BCUT2D eigenvalue weighted by molar-refractivity contribution is 0.371. The summed E-state index contributed by atoms with van der Waals surface area (Å²) in [5.41, 5.74) is 5.08. The number of aryl methyl sites for hydroxylation is 3. The number of rotatable bonds is 5. The summed E-state index contributed by atoms with van der Waals surface area (Å²) in [6, 6.07) is 18.9. The maximum Gasteiger partial charge on any atom is 0.190 e. The molecule has 3 nitrogen and oxygen atoms in total. The molecule has 0 aromatic heterocycles. The molecule has 0 bridgehead atoms. The molecule has 1 atom stereocenters. The lowest BCUT2D eigenvalue weighted by Gasteiger charge is -2.21. The van der Waals surface area contributed by atoms with Crippen LogP contribution in [0.5, 0.6) is 5.75 Å². The fraction of sp³-hybridized carbons (Fsp3) is 0.231. The Labute approximate surface area is 180 Å². The molecule has 0 spiro atoms. The predicted octanol–water partition coefficient (Wildman–Crippen LogP) is 6.65. The van der Waals surface area contributed by atoms with Gasteiger partial charge in [-0.15, -0.1) is 0 Å². The highest BCUT2D eigenvalue weighted by atomic mass is 32.2. The van der Waals surface area contributed by atoms with Crippen LogP contribution >= 0.6 is 0 Å². The van der Waals surface area contributed by atoms with E-state index in [1.165, 1.54) is 5.56 Å². The second-order valence-corrected chi connectivity index (χ2v) is 8.70.